The van der Waals surface area contributed by atoms with Crippen molar-refractivity contribution >= 4 is 5.78 Å². The Morgan fingerprint density at radius 1 is 0.688 bits per heavy atom. The molecule has 0 atom stereocenters. The van der Waals surface area contributed by atoms with Crippen LogP contribution in [0.4, 0.5) is 0 Å². The van der Waals surface area contributed by atoms with Crippen molar-refractivity contribution in [3.63, 3.8) is 0 Å². The van der Waals surface area contributed by atoms with Crippen LogP contribution in [0.5, 0.6) is 0 Å². The van der Waals surface area contributed by atoms with Crippen molar-refractivity contribution in [2.24, 2.45) is 0 Å². The molecule has 0 saturated heterocycles. The lowest BCUT2D eigenvalue weighted by atomic mass is 10.1. The molecule has 0 unspecified atom stereocenters. The summed E-state index contributed by atoms with van der Waals surface area (Å²) in [6.07, 6.45) is 12.5. The maximum atomic E-state index is 10.5. The fraction of sp³-hybridized carbons (Fsp3) is 0.933. The number of carbonyl (C=O) groups is 1. The van der Waals surface area contributed by atoms with Crippen LogP contribution >= 0.6 is 0 Å². The van der Waals surface area contributed by atoms with Crippen LogP contribution in [0.15, 0.2) is 0 Å². The van der Waals surface area contributed by atoms with Crippen LogP contribution in [0.25, 0.3) is 0 Å². The standard InChI is InChI=1S/C9H18O.C6H14/c1-3-4-5-6-7-8-9(2)10;1-3-5-6-4-2/h3-8H2,1-2H3;3-6H2,1-2H3. The lowest BCUT2D eigenvalue weighted by Gasteiger charge is -1.95. The Hall–Kier alpha value is -0.330. The zero-order chi connectivity index (χ0) is 12.6. The molecule has 1 nitrogen and oxygen atoms in total. The molecule has 0 aliphatic carbocycles. The van der Waals surface area contributed by atoms with E-state index in [4.69, 9.17) is 0 Å². The normalized spacial score (nSPS) is 9.50. The minimum atomic E-state index is 0.330. The third-order valence-electron chi connectivity index (χ3n) is 2.59. The fourth-order valence-corrected chi connectivity index (χ4v) is 1.48. The molecule has 0 aromatic rings. The Morgan fingerprint density at radius 2 is 1.06 bits per heavy atom. The van der Waals surface area contributed by atoms with Crippen molar-refractivity contribution in [3.8, 4) is 0 Å². The van der Waals surface area contributed by atoms with E-state index in [0.717, 1.165) is 12.8 Å². The van der Waals surface area contributed by atoms with Gasteiger partial charge in [0.1, 0.15) is 5.78 Å². The lowest BCUT2D eigenvalue weighted by Crippen LogP contribution is -1.88. The summed E-state index contributed by atoms with van der Waals surface area (Å²) in [4.78, 5) is 10.5. The SMILES string of the molecule is CCCCCC.CCCCCCCC(C)=O. The van der Waals surface area contributed by atoms with Gasteiger partial charge in [0, 0.05) is 6.42 Å². The summed E-state index contributed by atoms with van der Waals surface area (Å²) in [5.74, 6) is 0.330. The largest absolute Gasteiger partial charge is 0.300 e. The van der Waals surface area contributed by atoms with E-state index in [9.17, 15) is 4.79 Å². The summed E-state index contributed by atoms with van der Waals surface area (Å²) in [5, 5.41) is 0. The van der Waals surface area contributed by atoms with E-state index in [0.29, 0.717) is 5.78 Å². The highest BCUT2D eigenvalue weighted by molar-refractivity contribution is 5.75. The minimum Gasteiger partial charge on any atom is -0.300 e. The van der Waals surface area contributed by atoms with Gasteiger partial charge in [-0.05, 0) is 13.3 Å². The first-order chi connectivity index (χ1) is 7.68. The van der Waals surface area contributed by atoms with Crippen molar-refractivity contribution in [2.75, 3.05) is 0 Å². The van der Waals surface area contributed by atoms with Crippen molar-refractivity contribution < 1.29 is 4.79 Å². The number of rotatable bonds is 9. The van der Waals surface area contributed by atoms with E-state index in [-0.39, 0.29) is 0 Å². The lowest BCUT2D eigenvalue weighted by molar-refractivity contribution is -0.117. The van der Waals surface area contributed by atoms with Crippen molar-refractivity contribution in [2.45, 2.75) is 91.9 Å². The molecule has 16 heavy (non-hydrogen) atoms. The molecule has 0 saturated carbocycles. The summed E-state index contributed by atoms with van der Waals surface area (Å²) in [6.45, 7) is 8.33. The van der Waals surface area contributed by atoms with Gasteiger partial charge in [0.05, 0.1) is 0 Å². The van der Waals surface area contributed by atoms with Gasteiger partial charge in [-0.15, -0.1) is 0 Å². The first kappa shape index (κ1) is 18.0. The molecular formula is C15H32O. The highest BCUT2D eigenvalue weighted by Gasteiger charge is 1.92. The van der Waals surface area contributed by atoms with Gasteiger partial charge in [-0.1, -0.05) is 72.1 Å². The average Bonchev–Trinajstić information content (AvgIpc) is 2.26. The fourth-order valence-electron chi connectivity index (χ4n) is 1.48. The minimum absolute atomic E-state index is 0.330. The average molecular weight is 228 g/mol. The quantitative estimate of drug-likeness (QED) is 0.475. The van der Waals surface area contributed by atoms with E-state index < -0.39 is 0 Å². The Morgan fingerprint density at radius 3 is 1.44 bits per heavy atom. The van der Waals surface area contributed by atoms with E-state index >= 15 is 0 Å². The third kappa shape index (κ3) is 23.5. The summed E-state index contributed by atoms with van der Waals surface area (Å²) in [7, 11) is 0. The monoisotopic (exact) mass is 228 g/mol. The summed E-state index contributed by atoms with van der Waals surface area (Å²) in [6, 6.07) is 0. The molecule has 98 valence electrons. The van der Waals surface area contributed by atoms with E-state index in [2.05, 4.69) is 20.8 Å². The van der Waals surface area contributed by atoms with Gasteiger partial charge in [-0.25, -0.2) is 0 Å². The molecule has 0 aliphatic rings. The van der Waals surface area contributed by atoms with E-state index in [1.807, 2.05) is 0 Å². The van der Waals surface area contributed by atoms with Crippen LogP contribution in [-0.2, 0) is 4.79 Å². The number of hydrogen-bond donors (Lipinski definition) is 0. The molecule has 0 aromatic heterocycles. The van der Waals surface area contributed by atoms with Gasteiger partial charge >= 0.3 is 0 Å². The molecule has 0 aliphatic heterocycles. The molecule has 0 rings (SSSR count). The zero-order valence-electron chi connectivity index (χ0n) is 12.0. The molecular weight excluding hydrogens is 196 g/mol. The maximum Gasteiger partial charge on any atom is 0.129 e. The number of hydrogen-bond acceptors (Lipinski definition) is 1. The van der Waals surface area contributed by atoms with Gasteiger partial charge in [0.2, 0.25) is 0 Å². The number of unbranched alkanes of at least 4 members (excludes halogenated alkanes) is 7. The molecule has 0 amide bonds. The Kier molecular flexibility index (Phi) is 19.3. The van der Waals surface area contributed by atoms with Gasteiger partial charge in [0.25, 0.3) is 0 Å². The van der Waals surface area contributed by atoms with Crippen LogP contribution in [-0.4, -0.2) is 5.78 Å². The van der Waals surface area contributed by atoms with Crippen LogP contribution in [0.1, 0.15) is 91.9 Å². The zero-order valence-corrected chi connectivity index (χ0v) is 12.0. The maximum absolute atomic E-state index is 10.5. The van der Waals surface area contributed by atoms with Crippen LogP contribution in [0.3, 0.4) is 0 Å². The van der Waals surface area contributed by atoms with E-state index in [1.54, 1.807) is 6.92 Å². The van der Waals surface area contributed by atoms with Crippen LogP contribution in [0.2, 0.25) is 0 Å². The number of Topliss-reactive ketones (excluding diaryl/α,β-unsaturated/α-hetero) is 1. The Balaban J connectivity index is 0. The van der Waals surface area contributed by atoms with Crippen molar-refractivity contribution in [3.05, 3.63) is 0 Å². The van der Waals surface area contributed by atoms with Crippen molar-refractivity contribution in [1.29, 1.82) is 0 Å². The summed E-state index contributed by atoms with van der Waals surface area (Å²) < 4.78 is 0. The molecule has 1 heteroatoms. The molecule has 0 heterocycles. The van der Waals surface area contributed by atoms with Crippen LogP contribution < -0.4 is 0 Å². The summed E-state index contributed by atoms with van der Waals surface area (Å²) >= 11 is 0. The van der Waals surface area contributed by atoms with Gasteiger partial charge in [-0.3, -0.25) is 0 Å². The van der Waals surface area contributed by atoms with Crippen LogP contribution in [0, 0.1) is 0 Å². The van der Waals surface area contributed by atoms with Gasteiger partial charge in [0.15, 0.2) is 0 Å². The second kappa shape index (κ2) is 17.1. The molecule has 0 radical (unpaired) electrons. The van der Waals surface area contributed by atoms with E-state index in [1.165, 1.54) is 51.4 Å². The number of ketones is 1. The molecule has 0 fully saturated rings. The predicted octanol–water partition coefficient (Wildman–Crippen LogP) is 5.52. The first-order valence-electron chi connectivity index (χ1n) is 7.18. The second-order valence-corrected chi connectivity index (χ2v) is 4.57. The molecule has 0 bridgehead atoms. The molecule has 0 spiro atoms. The predicted molar refractivity (Wildman–Crippen MR) is 73.9 cm³/mol. The highest BCUT2D eigenvalue weighted by Crippen LogP contribution is 2.04. The number of carbonyl (C=O) groups excluding carboxylic acids is 1. The topological polar surface area (TPSA) is 17.1 Å². The smallest absolute Gasteiger partial charge is 0.129 e. The second-order valence-electron chi connectivity index (χ2n) is 4.57. The highest BCUT2D eigenvalue weighted by atomic mass is 16.1. The summed E-state index contributed by atoms with van der Waals surface area (Å²) in [5.41, 5.74) is 0. The Bertz CT molecular complexity index is 125. The molecule has 0 aromatic carbocycles. The van der Waals surface area contributed by atoms with Gasteiger partial charge < -0.3 is 4.79 Å². The molecule has 0 N–H and O–H groups in total. The Labute approximate surface area is 103 Å². The first-order valence-corrected chi connectivity index (χ1v) is 7.18. The third-order valence-corrected chi connectivity index (χ3v) is 2.59. The van der Waals surface area contributed by atoms with Crippen molar-refractivity contribution in [1.82, 2.24) is 0 Å². The van der Waals surface area contributed by atoms with Gasteiger partial charge in [-0.2, -0.15) is 0 Å².